The van der Waals surface area contributed by atoms with E-state index in [2.05, 4.69) is 0 Å². The van der Waals surface area contributed by atoms with Gasteiger partial charge in [-0.15, -0.1) is 0 Å². The van der Waals surface area contributed by atoms with E-state index in [1.807, 2.05) is 18.2 Å². The lowest BCUT2D eigenvalue weighted by atomic mass is 9.93. The van der Waals surface area contributed by atoms with Crippen molar-refractivity contribution in [1.29, 1.82) is 0 Å². The van der Waals surface area contributed by atoms with E-state index in [0.717, 1.165) is 25.7 Å². The number of benzene rings is 2. The summed E-state index contributed by atoms with van der Waals surface area (Å²) in [6.45, 7) is 0. The average molecular weight is 437 g/mol. The number of ketones is 1. The number of hydrogen-bond acceptors (Lipinski definition) is 6. The number of aliphatic hydroxyl groups is 1. The zero-order chi connectivity index (χ0) is 22.8. The van der Waals surface area contributed by atoms with Gasteiger partial charge < -0.3 is 24.2 Å². The van der Waals surface area contributed by atoms with Crippen LogP contribution in [0.25, 0.3) is 5.76 Å². The highest BCUT2D eigenvalue weighted by atomic mass is 16.5. The molecule has 2 aliphatic rings. The minimum atomic E-state index is -0.759. The fraction of sp³-hybridized carbons (Fsp3) is 0.360. The Kier molecular flexibility index (Phi) is 6.08. The zero-order valence-electron chi connectivity index (χ0n) is 18.5. The van der Waals surface area contributed by atoms with E-state index in [9.17, 15) is 14.7 Å². The van der Waals surface area contributed by atoms with Crippen molar-refractivity contribution in [2.75, 3.05) is 21.3 Å². The molecule has 1 saturated carbocycles. The molecule has 32 heavy (non-hydrogen) atoms. The standard InChI is InChI=1S/C25H27NO6/c1-30-16-12-13-20(32-3)18(14-16)23(27)21-22(17-10-6-7-11-19(17)31-2)26(25(29)24(21)28)15-8-4-5-9-15/h6-7,10-15,22,27H,4-5,8-9H2,1-3H3/b23-21+. The highest BCUT2D eigenvalue weighted by molar-refractivity contribution is 6.46. The number of hydrogen-bond donors (Lipinski definition) is 1. The van der Waals surface area contributed by atoms with E-state index < -0.39 is 17.7 Å². The van der Waals surface area contributed by atoms with E-state index in [1.165, 1.54) is 14.2 Å². The fourth-order valence-corrected chi connectivity index (χ4v) is 4.75. The summed E-state index contributed by atoms with van der Waals surface area (Å²) in [6.07, 6.45) is 3.63. The Bertz CT molecular complexity index is 1070. The molecule has 0 radical (unpaired) electrons. The van der Waals surface area contributed by atoms with Crippen molar-refractivity contribution in [2.45, 2.75) is 37.8 Å². The number of carbonyl (C=O) groups is 2. The van der Waals surface area contributed by atoms with Crippen LogP contribution in [0.1, 0.15) is 42.9 Å². The highest BCUT2D eigenvalue weighted by Gasteiger charge is 2.50. The lowest BCUT2D eigenvalue weighted by Gasteiger charge is -2.31. The maximum atomic E-state index is 13.3. The predicted octanol–water partition coefficient (Wildman–Crippen LogP) is 4.08. The van der Waals surface area contributed by atoms with E-state index in [1.54, 1.807) is 36.3 Å². The Morgan fingerprint density at radius 3 is 2.28 bits per heavy atom. The fourth-order valence-electron chi connectivity index (χ4n) is 4.75. The third kappa shape index (κ3) is 3.57. The second-order valence-corrected chi connectivity index (χ2v) is 7.95. The summed E-state index contributed by atoms with van der Waals surface area (Å²) >= 11 is 0. The average Bonchev–Trinajstić information content (AvgIpc) is 3.44. The topological polar surface area (TPSA) is 85.3 Å². The number of nitrogens with zero attached hydrogens (tertiary/aromatic N) is 1. The van der Waals surface area contributed by atoms with E-state index >= 15 is 0 Å². The van der Waals surface area contributed by atoms with Crippen LogP contribution in [0.2, 0.25) is 0 Å². The van der Waals surface area contributed by atoms with Crippen LogP contribution >= 0.6 is 0 Å². The number of ether oxygens (including phenoxy) is 3. The lowest BCUT2D eigenvalue weighted by Crippen LogP contribution is -2.37. The molecule has 1 aliphatic carbocycles. The second kappa shape index (κ2) is 8.94. The maximum Gasteiger partial charge on any atom is 0.295 e. The van der Waals surface area contributed by atoms with Crippen LogP contribution < -0.4 is 14.2 Å². The Labute approximate surface area is 187 Å². The van der Waals surface area contributed by atoms with E-state index in [0.29, 0.717) is 22.8 Å². The number of Topliss-reactive ketones (excluding diaryl/α,β-unsaturated/α-hetero) is 1. The summed E-state index contributed by atoms with van der Waals surface area (Å²) in [5, 5.41) is 11.4. The summed E-state index contributed by atoms with van der Waals surface area (Å²) in [6, 6.07) is 11.4. The monoisotopic (exact) mass is 437 g/mol. The first-order valence-electron chi connectivity index (χ1n) is 10.7. The molecule has 7 nitrogen and oxygen atoms in total. The Hall–Kier alpha value is -3.48. The predicted molar refractivity (Wildman–Crippen MR) is 119 cm³/mol. The molecule has 7 heteroatoms. The number of para-hydroxylation sites is 1. The first-order valence-corrected chi connectivity index (χ1v) is 10.7. The molecular formula is C25H27NO6. The van der Waals surface area contributed by atoms with Gasteiger partial charge in [0.25, 0.3) is 11.7 Å². The molecule has 1 heterocycles. The molecular weight excluding hydrogens is 410 g/mol. The summed E-state index contributed by atoms with van der Waals surface area (Å²) in [4.78, 5) is 28.2. The Balaban J connectivity index is 1.96. The number of aliphatic hydroxyl groups excluding tert-OH is 1. The molecule has 2 aromatic carbocycles. The molecule has 2 fully saturated rings. The molecule has 0 bridgehead atoms. The van der Waals surface area contributed by atoms with E-state index in [4.69, 9.17) is 14.2 Å². The van der Waals surface area contributed by atoms with Gasteiger partial charge in [-0.25, -0.2) is 0 Å². The van der Waals surface area contributed by atoms with Crippen LogP contribution in [0, 0.1) is 0 Å². The highest BCUT2D eigenvalue weighted by Crippen LogP contribution is 2.46. The van der Waals surface area contributed by atoms with Gasteiger partial charge in [0.05, 0.1) is 38.5 Å². The molecule has 1 unspecified atom stereocenters. The van der Waals surface area contributed by atoms with Crippen LogP contribution in [0.15, 0.2) is 48.0 Å². The summed E-state index contributed by atoms with van der Waals surface area (Å²) in [5.41, 5.74) is 0.971. The van der Waals surface area contributed by atoms with Crippen molar-refractivity contribution < 1.29 is 28.9 Å². The molecule has 0 spiro atoms. The molecule has 1 atom stereocenters. The number of amides is 1. The van der Waals surface area contributed by atoms with Crippen LogP contribution in [0.5, 0.6) is 17.2 Å². The first kappa shape index (κ1) is 21.7. The van der Waals surface area contributed by atoms with Crippen LogP contribution in [-0.2, 0) is 9.59 Å². The Morgan fingerprint density at radius 1 is 0.938 bits per heavy atom. The quantitative estimate of drug-likeness (QED) is 0.417. The molecule has 4 rings (SSSR count). The van der Waals surface area contributed by atoms with Crippen LogP contribution in [0.4, 0.5) is 0 Å². The van der Waals surface area contributed by atoms with Crippen molar-refractivity contribution in [3.05, 3.63) is 59.2 Å². The molecule has 168 valence electrons. The Morgan fingerprint density at radius 2 is 1.62 bits per heavy atom. The van der Waals surface area contributed by atoms with Gasteiger partial charge in [-0.05, 0) is 37.1 Å². The van der Waals surface area contributed by atoms with Crippen molar-refractivity contribution in [2.24, 2.45) is 0 Å². The molecule has 1 aliphatic heterocycles. The molecule has 0 aromatic heterocycles. The number of methoxy groups -OCH3 is 3. The molecule has 1 N–H and O–H groups in total. The summed E-state index contributed by atoms with van der Waals surface area (Å²) < 4.78 is 16.3. The largest absolute Gasteiger partial charge is 0.507 e. The zero-order valence-corrected chi connectivity index (χ0v) is 18.5. The smallest absolute Gasteiger partial charge is 0.295 e. The van der Waals surface area contributed by atoms with Crippen molar-refractivity contribution in [3.63, 3.8) is 0 Å². The van der Waals surface area contributed by atoms with Gasteiger partial charge in [0.15, 0.2) is 0 Å². The minimum Gasteiger partial charge on any atom is -0.507 e. The summed E-state index contributed by atoms with van der Waals surface area (Å²) in [7, 11) is 4.54. The SMILES string of the molecule is COc1ccc(OC)c(/C(O)=C2\C(=O)C(=O)N(C3CCCC3)C2c2ccccc2OC)c1. The van der Waals surface area contributed by atoms with Gasteiger partial charge >= 0.3 is 0 Å². The van der Waals surface area contributed by atoms with E-state index in [-0.39, 0.29) is 22.9 Å². The lowest BCUT2D eigenvalue weighted by molar-refractivity contribution is -0.141. The van der Waals surface area contributed by atoms with Crippen LogP contribution in [-0.4, -0.2) is 49.1 Å². The minimum absolute atomic E-state index is 0.0259. The van der Waals surface area contributed by atoms with Crippen molar-refractivity contribution in [3.8, 4) is 17.2 Å². The molecule has 1 amide bonds. The van der Waals surface area contributed by atoms with Gasteiger partial charge in [-0.3, -0.25) is 9.59 Å². The normalized spacial score (nSPS) is 20.6. The third-order valence-electron chi connectivity index (χ3n) is 6.29. The number of rotatable bonds is 6. The van der Waals surface area contributed by atoms with Gasteiger partial charge in [-0.2, -0.15) is 0 Å². The maximum absolute atomic E-state index is 13.3. The summed E-state index contributed by atoms with van der Waals surface area (Å²) in [5.74, 6) is -0.201. The van der Waals surface area contributed by atoms with Crippen molar-refractivity contribution >= 4 is 17.4 Å². The number of likely N-dealkylation sites (tertiary alicyclic amines) is 1. The van der Waals surface area contributed by atoms with Gasteiger partial charge in [0.2, 0.25) is 0 Å². The number of carbonyl (C=O) groups excluding carboxylic acids is 2. The van der Waals surface area contributed by atoms with Crippen molar-refractivity contribution in [1.82, 2.24) is 4.90 Å². The molecule has 2 aromatic rings. The van der Waals surface area contributed by atoms with Gasteiger partial charge in [0, 0.05) is 11.6 Å². The molecule has 1 saturated heterocycles. The van der Waals surface area contributed by atoms with Gasteiger partial charge in [-0.1, -0.05) is 31.0 Å². The third-order valence-corrected chi connectivity index (χ3v) is 6.29. The van der Waals surface area contributed by atoms with Crippen LogP contribution in [0.3, 0.4) is 0 Å². The second-order valence-electron chi connectivity index (χ2n) is 7.95. The van der Waals surface area contributed by atoms with Gasteiger partial charge in [0.1, 0.15) is 23.0 Å². The first-order chi connectivity index (χ1) is 15.5.